The van der Waals surface area contributed by atoms with Gasteiger partial charge in [-0.25, -0.2) is 13.2 Å². The average molecular weight is 346 g/mol. The summed E-state index contributed by atoms with van der Waals surface area (Å²) >= 11 is 0. The summed E-state index contributed by atoms with van der Waals surface area (Å²) in [6.45, 7) is 2.54. The molecule has 0 heterocycles. The Hall–Kier alpha value is -2.34. The van der Waals surface area contributed by atoms with E-state index in [0.717, 1.165) is 22.9 Å². The van der Waals surface area contributed by atoms with E-state index in [-0.39, 0.29) is 18.3 Å². The van der Waals surface area contributed by atoms with Gasteiger partial charge in [-0.15, -0.1) is 0 Å². The van der Waals surface area contributed by atoms with E-state index in [1.807, 2.05) is 30.3 Å². The highest BCUT2D eigenvalue weighted by Crippen LogP contribution is 2.21. The minimum absolute atomic E-state index is 0.0662. The predicted octanol–water partition coefficient (Wildman–Crippen LogP) is 2.51. The molecule has 0 saturated carbocycles. The molecule has 0 bridgehead atoms. The first-order chi connectivity index (χ1) is 11.3. The van der Waals surface area contributed by atoms with Crippen LogP contribution in [-0.4, -0.2) is 33.0 Å². The minimum Gasteiger partial charge on any atom is -0.337 e. The summed E-state index contributed by atoms with van der Waals surface area (Å²) in [5.74, 6) is -0.0662. The molecule has 0 radical (unpaired) electrons. The molecule has 0 atom stereocenters. The second-order valence-electron chi connectivity index (χ2n) is 5.81. The van der Waals surface area contributed by atoms with Crippen LogP contribution >= 0.6 is 0 Å². The first kappa shape index (κ1) is 18.0. The van der Waals surface area contributed by atoms with E-state index in [9.17, 15) is 13.2 Å². The summed E-state index contributed by atoms with van der Waals surface area (Å²) in [6, 6.07) is 15.8. The Bertz CT molecular complexity index is 817. The van der Waals surface area contributed by atoms with E-state index in [4.69, 9.17) is 0 Å². The van der Waals surface area contributed by atoms with E-state index in [1.165, 1.54) is 5.56 Å². The normalized spacial score (nSPS) is 11.1. The Morgan fingerprint density at radius 3 is 2.33 bits per heavy atom. The maximum Gasteiger partial charge on any atom is 0.315 e. The van der Waals surface area contributed by atoms with E-state index in [0.29, 0.717) is 6.54 Å². The number of hydrogen-bond donors (Lipinski definition) is 2. The van der Waals surface area contributed by atoms with Crippen molar-refractivity contribution in [3.8, 4) is 11.1 Å². The summed E-state index contributed by atoms with van der Waals surface area (Å²) in [7, 11) is -3.07. The standard InChI is InChI=1S/C18H22N2O3S/c1-14-5-3-7-16(11-14)17-8-4-6-15(12-17)13-20-18(21)19-9-10-24(2,22)23/h3-8,11-12H,9-10,13H2,1-2H3,(H2,19,20,21). The molecular weight excluding hydrogens is 324 g/mol. The highest BCUT2D eigenvalue weighted by Gasteiger charge is 2.05. The van der Waals surface area contributed by atoms with Crippen molar-refractivity contribution >= 4 is 15.9 Å². The monoisotopic (exact) mass is 346 g/mol. The van der Waals surface area contributed by atoms with Gasteiger partial charge >= 0.3 is 6.03 Å². The molecule has 0 unspecified atom stereocenters. The smallest absolute Gasteiger partial charge is 0.315 e. The molecule has 24 heavy (non-hydrogen) atoms. The number of carbonyl (C=O) groups excluding carboxylic acids is 1. The summed E-state index contributed by atoms with van der Waals surface area (Å²) < 4.78 is 22.0. The Kier molecular flexibility index (Phi) is 5.98. The number of sulfone groups is 1. The maximum atomic E-state index is 11.7. The molecular formula is C18H22N2O3S. The number of aryl methyl sites for hydroxylation is 1. The fraction of sp³-hybridized carbons (Fsp3) is 0.278. The zero-order valence-electron chi connectivity index (χ0n) is 13.9. The predicted molar refractivity (Wildman–Crippen MR) is 96.6 cm³/mol. The van der Waals surface area contributed by atoms with Crippen LogP contribution in [0.2, 0.25) is 0 Å². The molecule has 0 fully saturated rings. The molecule has 2 aromatic rings. The molecule has 6 heteroatoms. The lowest BCUT2D eigenvalue weighted by Gasteiger charge is -2.09. The fourth-order valence-electron chi connectivity index (χ4n) is 2.28. The average Bonchev–Trinajstić information content (AvgIpc) is 2.52. The zero-order chi connectivity index (χ0) is 17.6. The van der Waals surface area contributed by atoms with Crippen LogP contribution in [0, 0.1) is 6.92 Å². The van der Waals surface area contributed by atoms with Crippen molar-refractivity contribution in [2.75, 3.05) is 18.6 Å². The van der Waals surface area contributed by atoms with Crippen LogP contribution in [0.15, 0.2) is 48.5 Å². The van der Waals surface area contributed by atoms with Gasteiger partial charge in [0.15, 0.2) is 0 Å². The minimum atomic E-state index is -3.07. The van der Waals surface area contributed by atoms with Gasteiger partial charge in [-0.05, 0) is 29.7 Å². The Balaban J connectivity index is 1.92. The lowest BCUT2D eigenvalue weighted by atomic mass is 10.0. The molecule has 0 aromatic heterocycles. The second kappa shape index (κ2) is 7.97. The summed E-state index contributed by atoms with van der Waals surface area (Å²) in [6.07, 6.45) is 1.14. The van der Waals surface area contributed by atoms with Crippen LogP contribution in [0.4, 0.5) is 4.79 Å². The highest BCUT2D eigenvalue weighted by atomic mass is 32.2. The molecule has 0 aliphatic heterocycles. The lowest BCUT2D eigenvalue weighted by Crippen LogP contribution is -2.37. The number of nitrogens with one attached hydrogen (secondary N) is 2. The summed E-state index contributed by atoms with van der Waals surface area (Å²) in [4.78, 5) is 11.7. The highest BCUT2D eigenvalue weighted by molar-refractivity contribution is 7.90. The van der Waals surface area contributed by atoms with Crippen molar-refractivity contribution in [3.05, 3.63) is 59.7 Å². The van der Waals surface area contributed by atoms with Crippen LogP contribution in [0.1, 0.15) is 11.1 Å². The molecule has 0 aliphatic carbocycles. The molecule has 5 nitrogen and oxygen atoms in total. The van der Waals surface area contributed by atoms with Gasteiger partial charge in [0, 0.05) is 19.3 Å². The molecule has 2 amide bonds. The number of amides is 2. The van der Waals surface area contributed by atoms with Crippen molar-refractivity contribution in [2.24, 2.45) is 0 Å². The Labute approximate surface area is 143 Å². The number of rotatable bonds is 6. The number of carbonyl (C=O) groups is 1. The SMILES string of the molecule is Cc1cccc(-c2cccc(CNC(=O)NCCS(C)(=O)=O)c2)c1. The Morgan fingerprint density at radius 2 is 1.67 bits per heavy atom. The zero-order valence-corrected chi connectivity index (χ0v) is 14.7. The lowest BCUT2D eigenvalue weighted by molar-refractivity contribution is 0.241. The van der Waals surface area contributed by atoms with Gasteiger partial charge in [0.05, 0.1) is 5.75 Å². The van der Waals surface area contributed by atoms with Crippen molar-refractivity contribution in [1.29, 1.82) is 0 Å². The van der Waals surface area contributed by atoms with Crippen LogP contribution < -0.4 is 10.6 Å². The van der Waals surface area contributed by atoms with Crippen LogP contribution in [0.5, 0.6) is 0 Å². The number of urea groups is 1. The van der Waals surface area contributed by atoms with Gasteiger partial charge in [-0.3, -0.25) is 0 Å². The van der Waals surface area contributed by atoms with Crippen LogP contribution in [0.3, 0.4) is 0 Å². The number of hydrogen-bond acceptors (Lipinski definition) is 3. The van der Waals surface area contributed by atoms with E-state index in [1.54, 1.807) is 0 Å². The van der Waals surface area contributed by atoms with Crippen molar-refractivity contribution < 1.29 is 13.2 Å². The van der Waals surface area contributed by atoms with Gasteiger partial charge < -0.3 is 10.6 Å². The van der Waals surface area contributed by atoms with Crippen LogP contribution in [-0.2, 0) is 16.4 Å². The van der Waals surface area contributed by atoms with Gasteiger partial charge in [0.25, 0.3) is 0 Å². The van der Waals surface area contributed by atoms with Gasteiger partial charge in [0.1, 0.15) is 9.84 Å². The molecule has 2 rings (SSSR count). The number of benzene rings is 2. The third-order valence-corrected chi connectivity index (χ3v) is 4.44. The third kappa shape index (κ3) is 6.04. The Morgan fingerprint density at radius 1 is 1.00 bits per heavy atom. The van der Waals surface area contributed by atoms with Gasteiger partial charge in [0.2, 0.25) is 0 Å². The topological polar surface area (TPSA) is 75.3 Å². The molecule has 2 N–H and O–H groups in total. The van der Waals surface area contributed by atoms with Gasteiger partial charge in [-0.1, -0.05) is 48.0 Å². The van der Waals surface area contributed by atoms with E-state index in [2.05, 4.69) is 35.8 Å². The molecule has 0 spiro atoms. The second-order valence-corrected chi connectivity index (χ2v) is 8.07. The summed E-state index contributed by atoms with van der Waals surface area (Å²) in [5.41, 5.74) is 4.40. The first-order valence-corrected chi connectivity index (χ1v) is 9.75. The first-order valence-electron chi connectivity index (χ1n) is 7.69. The van der Waals surface area contributed by atoms with E-state index >= 15 is 0 Å². The third-order valence-electron chi connectivity index (χ3n) is 3.49. The fourth-order valence-corrected chi connectivity index (χ4v) is 2.75. The summed E-state index contributed by atoms with van der Waals surface area (Å²) in [5, 5.41) is 5.26. The molecule has 0 aliphatic rings. The quantitative estimate of drug-likeness (QED) is 0.844. The largest absolute Gasteiger partial charge is 0.337 e. The maximum absolute atomic E-state index is 11.7. The van der Waals surface area contributed by atoms with Crippen molar-refractivity contribution in [3.63, 3.8) is 0 Å². The van der Waals surface area contributed by atoms with Crippen LogP contribution in [0.25, 0.3) is 11.1 Å². The van der Waals surface area contributed by atoms with Crippen molar-refractivity contribution in [1.82, 2.24) is 10.6 Å². The van der Waals surface area contributed by atoms with Gasteiger partial charge in [-0.2, -0.15) is 0 Å². The molecule has 2 aromatic carbocycles. The van der Waals surface area contributed by atoms with E-state index < -0.39 is 9.84 Å². The molecule has 0 saturated heterocycles. The molecule has 128 valence electrons. The van der Waals surface area contributed by atoms with Crippen molar-refractivity contribution in [2.45, 2.75) is 13.5 Å².